The van der Waals surface area contributed by atoms with Gasteiger partial charge in [0.1, 0.15) is 0 Å². The van der Waals surface area contributed by atoms with Gasteiger partial charge in [0.2, 0.25) is 0 Å². The van der Waals surface area contributed by atoms with Crippen LogP contribution in [0, 0.1) is 0 Å². The molecule has 0 aromatic heterocycles. The molecule has 0 unspecified atom stereocenters. The molecule has 8 heteroatoms. The summed E-state index contributed by atoms with van der Waals surface area (Å²) in [6, 6.07) is 24.0. The molecule has 0 aliphatic rings. The van der Waals surface area contributed by atoms with E-state index in [9.17, 15) is 9.59 Å². The molecule has 4 aromatic rings. The largest absolute Gasteiger partial charge is 0.465 e. The minimum atomic E-state index is -0.444. The van der Waals surface area contributed by atoms with Crippen molar-refractivity contribution in [2.45, 2.75) is 6.42 Å². The zero-order valence-corrected chi connectivity index (χ0v) is 28.1. The average molecular weight is 609 g/mol. The highest BCUT2D eigenvalue weighted by atomic mass is 16.5. The van der Waals surface area contributed by atoms with E-state index >= 15 is 0 Å². The van der Waals surface area contributed by atoms with Gasteiger partial charge in [-0.05, 0) is 41.8 Å². The Morgan fingerprint density at radius 2 is 0.822 bits per heavy atom. The first-order valence-electron chi connectivity index (χ1n) is 14.8. The van der Waals surface area contributed by atoms with E-state index in [4.69, 9.17) is 9.47 Å². The van der Waals surface area contributed by atoms with Crippen LogP contribution in [-0.4, -0.2) is 82.5 Å². The molecule has 0 saturated heterocycles. The Labute approximate surface area is 267 Å². The van der Waals surface area contributed by atoms with E-state index in [1.807, 2.05) is 149 Å². The van der Waals surface area contributed by atoms with E-state index in [0.29, 0.717) is 17.5 Å². The maximum Gasteiger partial charge on any atom is 0.338 e. The summed E-state index contributed by atoms with van der Waals surface area (Å²) < 4.78 is 10.8. The smallest absolute Gasteiger partial charge is 0.338 e. The molecular weight excluding hydrogens is 564 g/mol. The molecule has 0 aliphatic carbocycles. The fraction of sp³-hybridized carbons (Fsp3) is 0.297. The molecule has 236 valence electrons. The molecule has 0 fully saturated rings. The number of para-hydroxylation sites is 2. The van der Waals surface area contributed by atoms with Gasteiger partial charge in [-0.3, -0.25) is 0 Å². The third kappa shape index (κ3) is 6.45. The zero-order valence-electron chi connectivity index (χ0n) is 28.1. The fourth-order valence-electron chi connectivity index (χ4n) is 5.88. The zero-order chi connectivity index (χ0) is 33.0. The van der Waals surface area contributed by atoms with Crippen LogP contribution in [0.4, 0.5) is 22.7 Å². The Morgan fingerprint density at radius 3 is 1.13 bits per heavy atom. The number of nitrogens with zero attached hydrogens (tertiary/aromatic N) is 4. The van der Waals surface area contributed by atoms with Crippen molar-refractivity contribution in [1.82, 2.24) is 0 Å². The predicted octanol–water partition coefficient (Wildman–Crippen LogP) is 6.45. The monoisotopic (exact) mass is 608 g/mol. The second kappa shape index (κ2) is 13.8. The molecule has 0 N–H and O–H groups in total. The summed E-state index contributed by atoms with van der Waals surface area (Å²) >= 11 is 0. The molecule has 4 aromatic carbocycles. The summed E-state index contributed by atoms with van der Waals surface area (Å²) in [4.78, 5) is 35.6. The van der Waals surface area contributed by atoms with Gasteiger partial charge in [0.05, 0.1) is 25.3 Å². The highest BCUT2D eigenvalue weighted by Gasteiger charge is 2.28. The van der Waals surface area contributed by atoms with Gasteiger partial charge < -0.3 is 29.1 Å². The molecule has 0 saturated carbocycles. The van der Waals surface area contributed by atoms with Crippen molar-refractivity contribution >= 4 is 34.7 Å². The first-order chi connectivity index (χ1) is 21.4. The van der Waals surface area contributed by atoms with Crippen LogP contribution in [0.3, 0.4) is 0 Å². The predicted molar refractivity (Wildman–Crippen MR) is 187 cm³/mol. The van der Waals surface area contributed by atoms with Crippen LogP contribution in [0.1, 0.15) is 31.8 Å². The summed E-state index contributed by atoms with van der Waals surface area (Å²) in [7, 11) is 18.6. The Balaban J connectivity index is 2.09. The molecule has 45 heavy (non-hydrogen) atoms. The van der Waals surface area contributed by atoms with E-state index in [1.165, 1.54) is 14.2 Å². The standard InChI is InChI=1S/C37H44N4O4/c1-38(2)28-17-13-11-15-26(28)34-30(40(5)6)21-19-24(32(34)36(42)44-9)23-25-20-22-31(41(7)8)35(33(25)37(43)45-10)27-16-12-14-18-29(27)39(3)4/h11-22H,23H2,1-10H3. The summed E-state index contributed by atoms with van der Waals surface area (Å²) in [5, 5.41) is 0. The SMILES string of the molecule is COC(=O)c1c(Cc2ccc(N(C)C)c(-c3ccccc3N(C)C)c2C(=O)OC)ccc(N(C)C)c1-c1ccccc1N(C)C. The molecule has 0 atom stereocenters. The Bertz CT molecular complexity index is 1580. The van der Waals surface area contributed by atoms with Crippen LogP contribution in [0.25, 0.3) is 22.3 Å². The molecular formula is C37H44N4O4. The van der Waals surface area contributed by atoms with Gasteiger partial charge in [-0.2, -0.15) is 0 Å². The van der Waals surface area contributed by atoms with Crippen molar-refractivity contribution in [3.05, 3.63) is 95.1 Å². The number of hydrogen-bond donors (Lipinski definition) is 0. The van der Waals surface area contributed by atoms with Crippen molar-refractivity contribution in [3.63, 3.8) is 0 Å². The van der Waals surface area contributed by atoms with Crippen LogP contribution in [0.5, 0.6) is 0 Å². The van der Waals surface area contributed by atoms with Crippen LogP contribution in [0.2, 0.25) is 0 Å². The normalized spacial score (nSPS) is 10.7. The number of esters is 2. The molecule has 0 heterocycles. The number of carbonyl (C=O) groups excluding carboxylic acids is 2. The number of hydrogen-bond acceptors (Lipinski definition) is 8. The maximum atomic E-state index is 13.7. The van der Waals surface area contributed by atoms with Crippen LogP contribution in [0.15, 0.2) is 72.8 Å². The second-order valence-corrected chi connectivity index (χ2v) is 11.8. The van der Waals surface area contributed by atoms with Gasteiger partial charge in [0.15, 0.2) is 0 Å². The third-order valence-electron chi connectivity index (χ3n) is 7.97. The topological polar surface area (TPSA) is 65.6 Å². The number of benzene rings is 4. The summed E-state index contributed by atoms with van der Waals surface area (Å²) in [5.41, 5.74) is 9.46. The lowest BCUT2D eigenvalue weighted by Crippen LogP contribution is -2.19. The van der Waals surface area contributed by atoms with Gasteiger partial charge in [-0.1, -0.05) is 48.5 Å². The number of rotatable bonds is 10. The molecule has 0 amide bonds. The van der Waals surface area contributed by atoms with Crippen LogP contribution >= 0.6 is 0 Å². The highest BCUT2D eigenvalue weighted by molar-refractivity contribution is 6.07. The number of carbonyl (C=O) groups is 2. The summed E-state index contributed by atoms with van der Waals surface area (Å²) in [5.74, 6) is -0.889. The van der Waals surface area contributed by atoms with Crippen LogP contribution < -0.4 is 19.6 Å². The molecule has 0 bridgehead atoms. The van der Waals surface area contributed by atoms with Crippen molar-refractivity contribution in [3.8, 4) is 22.3 Å². The van der Waals surface area contributed by atoms with E-state index in [1.54, 1.807) is 0 Å². The van der Waals surface area contributed by atoms with E-state index in [-0.39, 0.29) is 0 Å². The van der Waals surface area contributed by atoms with Crippen molar-refractivity contribution in [2.24, 2.45) is 0 Å². The Hall–Kier alpha value is -4.98. The molecule has 0 spiro atoms. The lowest BCUT2D eigenvalue weighted by molar-refractivity contribution is 0.0593. The average Bonchev–Trinajstić information content (AvgIpc) is 3.03. The summed E-state index contributed by atoms with van der Waals surface area (Å²) in [6.45, 7) is 0. The minimum Gasteiger partial charge on any atom is -0.465 e. The molecule has 8 nitrogen and oxygen atoms in total. The van der Waals surface area contributed by atoms with Gasteiger partial charge in [0.25, 0.3) is 0 Å². The minimum absolute atomic E-state index is 0.296. The fourth-order valence-corrected chi connectivity index (χ4v) is 5.88. The van der Waals surface area contributed by atoms with Gasteiger partial charge in [-0.15, -0.1) is 0 Å². The first-order valence-corrected chi connectivity index (χ1v) is 14.8. The lowest BCUT2D eigenvalue weighted by Gasteiger charge is -2.27. The van der Waals surface area contributed by atoms with Gasteiger partial charge in [-0.25, -0.2) is 9.59 Å². The number of ether oxygens (including phenoxy) is 2. The Morgan fingerprint density at radius 1 is 0.489 bits per heavy atom. The van der Waals surface area contributed by atoms with E-state index in [0.717, 1.165) is 56.1 Å². The van der Waals surface area contributed by atoms with Gasteiger partial charge in [0, 0.05) is 101 Å². The van der Waals surface area contributed by atoms with Crippen LogP contribution in [-0.2, 0) is 15.9 Å². The van der Waals surface area contributed by atoms with Crippen molar-refractivity contribution in [2.75, 3.05) is 90.2 Å². The highest BCUT2D eigenvalue weighted by Crippen LogP contribution is 2.44. The third-order valence-corrected chi connectivity index (χ3v) is 7.97. The lowest BCUT2D eigenvalue weighted by atomic mass is 9.86. The Kier molecular flexibility index (Phi) is 10.1. The van der Waals surface area contributed by atoms with Gasteiger partial charge >= 0.3 is 11.9 Å². The molecule has 0 radical (unpaired) electrons. The number of methoxy groups -OCH3 is 2. The number of anilines is 4. The first kappa shape index (κ1) is 32.9. The second-order valence-electron chi connectivity index (χ2n) is 11.8. The van der Waals surface area contributed by atoms with E-state index in [2.05, 4.69) is 0 Å². The van der Waals surface area contributed by atoms with E-state index < -0.39 is 11.9 Å². The van der Waals surface area contributed by atoms with Crippen molar-refractivity contribution < 1.29 is 19.1 Å². The maximum absolute atomic E-state index is 13.7. The summed E-state index contributed by atoms with van der Waals surface area (Å²) in [6.07, 6.45) is 0.296. The quantitative estimate of drug-likeness (QED) is 0.191. The van der Waals surface area contributed by atoms with Crippen molar-refractivity contribution in [1.29, 1.82) is 0 Å². The molecule has 4 rings (SSSR count). The molecule has 0 aliphatic heterocycles.